The Bertz CT molecular complexity index is 483. The largest absolute Gasteiger partial charge is 0.422 e. The Kier molecular flexibility index (Phi) is 8.15. The summed E-state index contributed by atoms with van der Waals surface area (Å²) in [6.07, 6.45) is 3.75. The van der Waals surface area contributed by atoms with Gasteiger partial charge in [-0.2, -0.15) is 0 Å². The van der Waals surface area contributed by atoms with E-state index in [0.29, 0.717) is 0 Å². The van der Waals surface area contributed by atoms with Gasteiger partial charge in [0.25, 0.3) is 0 Å². The molecule has 1 rings (SSSR count). The van der Waals surface area contributed by atoms with Gasteiger partial charge in [0.15, 0.2) is 0 Å². The van der Waals surface area contributed by atoms with E-state index in [1.807, 2.05) is 0 Å². The van der Waals surface area contributed by atoms with E-state index in [1.165, 1.54) is 19.3 Å². The SMILES string of the molecule is CCCCCN.O=[N+]([O-])c1cccc([N+](=O)[O-])c1[N+](=O)[O-]. The fourth-order valence-corrected chi connectivity index (χ4v) is 1.40. The van der Waals surface area contributed by atoms with E-state index in [1.54, 1.807) is 0 Å². The van der Waals surface area contributed by atoms with Crippen LogP contribution in [0.1, 0.15) is 26.2 Å². The van der Waals surface area contributed by atoms with Crippen LogP contribution in [-0.2, 0) is 0 Å². The number of nitrogens with two attached hydrogens (primary N) is 1. The Balaban J connectivity index is 0.000000567. The number of hydrogen-bond donors (Lipinski definition) is 1. The zero-order valence-corrected chi connectivity index (χ0v) is 11.4. The van der Waals surface area contributed by atoms with E-state index >= 15 is 0 Å². The number of nitro benzene ring substituents is 3. The van der Waals surface area contributed by atoms with E-state index in [9.17, 15) is 30.3 Å². The molecule has 0 amide bonds. The number of rotatable bonds is 6. The predicted molar refractivity (Wildman–Crippen MR) is 75.0 cm³/mol. The molecule has 0 radical (unpaired) electrons. The first-order valence-corrected chi connectivity index (χ1v) is 6.13. The van der Waals surface area contributed by atoms with Crippen molar-refractivity contribution in [2.75, 3.05) is 6.54 Å². The first-order chi connectivity index (χ1) is 9.86. The van der Waals surface area contributed by atoms with Crippen LogP contribution in [0, 0.1) is 30.3 Å². The molecule has 0 saturated heterocycles. The molecule has 10 nitrogen and oxygen atoms in total. The number of nitrogens with zero attached hydrogens (tertiary/aromatic N) is 3. The van der Waals surface area contributed by atoms with Gasteiger partial charge in [-0.05, 0) is 19.0 Å². The molecule has 0 fully saturated rings. The van der Waals surface area contributed by atoms with Crippen LogP contribution in [0.4, 0.5) is 17.1 Å². The normalized spacial score (nSPS) is 9.43. The van der Waals surface area contributed by atoms with Crippen LogP contribution in [0.15, 0.2) is 18.2 Å². The van der Waals surface area contributed by atoms with Gasteiger partial charge >= 0.3 is 17.1 Å². The number of nitro groups is 3. The molecule has 0 heterocycles. The van der Waals surface area contributed by atoms with Crippen LogP contribution in [0.25, 0.3) is 0 Å². The Labute approximate surface area is 120 Å². The van der Waals surface area contributed by atoms with E-state index in [2.05, 4.69) is 6.92 Å². The van der Waals surface area contributed by atoms with Crippen molar-refractivity contribution in [2.24, 2.45) is 5.73 Å². The van der Waals surface area contributed by atoms with Gasteiger partial charge in [-0.15, -0.1) is 0 Å². The van der Waals surface area contributed by atoms with Crippen molar-refractivity contribution in [1.29, 1.82) is 0 Å². The Morgan fingerprint density at radius 3 is 1.67 bits per heavy atom. The third kappa shape index (κ3) is 5.91. The summed E-state index contributed by atoms with van der Waals surface area (Å²) in [5.74, 6) is 0. The lowest BCUT2D eigenvalue weighted by Gasteiger charge is -1.95. The summed E-state index contributed by atoms with van der Waals surface area (Å²) in [4.78, 5) is 28.0. The van der Waals surface area contributed by atoms with E-state index in [0.717, 1.165) is 24.7 Å². The van der Waals surface area contributed by atoms with Gasteiger partial charge in [-0.25, -0.2) is 0 Å². The molecule has 0 unspecified atom stereocenters. The van der Waals surface area contributed by atoms with E-state index < -0.39 is 31.8 Å². The third-order valence-electron chi connectivity index (χ3n) is 2.38. The predicted octanol–water partition coefficient (Wildman–Crippen LogP) is 2.55. The zero-order chi connectivity index (χ0) is 16.4. The molecule has 116 valence electrons. The molecule has 0 saturated carbocycles. The molecule has 1 aromatic rings. The second-order valence-electron chi connectivity index (χ2n) is 3.91. The molecule has 0 aromatic heterocycles. The Hall–Kier alpha value is -2.62. The number of benzene rings is 1. The molecule has 0 aliphatic heterocycles. The van der Waals surface area contributed by atoms with Crippen molar-refractivity contribution in [2.45, 2.75) is 26.2 Å². The fraction of sp³-hybridized carbons (Fsp3) is 0.455. The minimum absolute atomic E-state index is 0.838. The topological polar surface area (TPSA) is 155 Å². The van der Waals surface area contributed by atoms with Crippen molar-refractivity contribution in [3.05, 3.63) is 48.5 Å². The van der Waals surface area contributed by atoms with Crippen LogP contribution in [0.5, 0.6) is 0 Å². The third-order valence-corrected chi connectivity index (χ3v) is 2.38. The summed E-state index contributed by atoms with van der Waals surface area (Å²) in [5, 5.41) is 31.2. The maximum absolute atomic E-state index is 10.4. The van der Waals surface area contributed by atoms with Crippen LogP contribution < -0.4 is 5.73 Å². The fourth-order valence-electron chi connectivity index (χ4n) is 1.40. The van der Waals surface area contributed by atoms with Crippen molar-refractivity contribution < 1.29 is 14.8 Å². The van der Waals surface area contributed by atoms with Gasteiger partial charge < -0.3 is 5.73 Å². The second kappa shape index (κ2) is 9.31. The molecule has 10 heteroatoms. The molecule has 2 N–H and O–H groups in total. The molecule has 0 spiro atoms. The van der Waals surface area contributed by atoms with Gasteiger partial charge in [-0.3, -0.25) is 30.3 Å². The van der Waals surface area contributed by atoms with Crippen molar-refractivity contribution >= 4 is 17.1 Å². The smallest absolute Gasteiger partial charge is 0.330 e. The minimum atomic E-state index is -1.14. The van der Waals surface area contributed by atoms with Crippen LogP contribution in [0.3, 0.4) is 0 Å². The van der Waals surface area contributed by atoms with Gasteiger partial charge in [0.05, 0.1) is 14.8 Å². The zero-order valence-electron chi connectivity index (χ0n) is 11.4. The van der Waals surface area contributed by atoms with Gasteiger partial charge in [0.2, 0.25) is 0 Å². The maximum atomic E-state index is 10.4. The highest BCUT2D eigenvalue weighted by Crippen LogP contribution is 2.35. The van der Waals surface area contributed by atoms with Crippen LogP contribution >= 0.6 is 0 Å². The summed E-state index contributed by atoms with van der Waals surface area (Å²) >= 11 is 0. The Morgan fingerprint density at radius 1 is 0.952 bits per heavy atom. The van der Waals surface area contributed by atoms with Gasteiger partial charge in [0, 0.05) is 12.1 Å². The summed E-state index contributed by atoms with van der Waals surface area (Å²) < 4.78 is 0. The summed E-state index contributed by atoms with van der Waals surface area (Å²) in [5.41, 5.74) is 2.32. The first kappa shape index (κ1) is 18.4. The molecule has 21 heavy (non-hydrogen) atoms. The highest BCUT2D eigenvalue weighted by molar-refractivity contribution is 5.65. The van der Waals surface area contributed by atoms with Gasteiger partial charge in [-0.1, -0.05) is 19.8 Å². The van der Waals surface area contributed by atoms with Crippen molar-refractivity contribution in [3.63, 3.8) is 0 Å². The van der Waals surface area contributed by atoms with Crippen LogP contribution in [0.2, 0.25) is 0 Å². The molecule has 0 aliphatic rings. The molecule has 0 bridgehead atoms. The second-order valence-corrected chi connectivity index (χ2v) is 3.91. The number of para-hydroxylation sites is 1. The lowest BCUT2D eigenvalue weighted by atomic mass is 10.2. The van der Waals surface area contributed by atoms with Crippen molar-refractivity contribution in [3.8, 4) is 0 Å². The molecular formula is C11H16N4O6. The lowest BCUT2D eigenvalue weighted by Crippen LogP contribution is -2.00. The van der Waals surface area contributed by atoms with Gasteiger partial charge in [0.1, 0.15) is 0 Å². The molecular weight excluding hydrogens is 284 g/mol. The average molecular weight is 300 g/mol. The average Bonchev–Trinajstić information content (AvgIpc) is 2.44. The monoisotopic (exact) mass is 300 g/mol. The van der Waals surface area contributed by atoms with Crippen molar-refractivity contribution in [1.82, 2.24) is 0 Å². The first-order valence-electron chi connectivity index (χ1n) is 6.13. The highest BCUT2D eigenvalue weighted by Gasteiger charge is 2.34. The lowest BCUT2D eigenvalue weighted by molar-refractivity contribution is -0.441. The molecule has 1 aromatic carbocycles. The number of unbranched alkanes of at least 4 members (excludes halogenated alkanes) is 2. The highest BCUT2D eigenvalue weighted by atomic mass is 16.6. The quantitative estimate of drug-likeness (QED) is 0.480. The maximum Gasteiger partial charge on any atom is 0.422 e. The van der Waals surface area contributed by atoms with E-state index in [4.69, 9.17) is 5.73 Å². The standard InChI is InChI=1S/C6H3N3O6.C5H13N/c10-7(11)4-2-1-3-5(8(12)13)6(4)9(14)15;1-2-3-4-5-6/h1-3H;2-6H2,1H3. The minimum Gasteiger partial charge on any atom is -0.330 e. The number of hydrogen-bond acceptors (Lipinski definition) is 7. The Morgan fingerprint density at radius 2 is 1.43 bits per heavy atom. The summed E-state index contributed by atoms with van der Waals surface area (Å²) in [6.45, 7) is 3.03. The summed E-state index contributed by atoms with van der Waals surface area (Å²) in [6, 6.07) is 2.69. The van der Waals surface area contributed by atoms with E-state index in [-0.39, 0.29) is 0 Å². The molecule has 0 atom stereocenters. The molecule has 0 aliphatic carbocycles. The van der Waals surface area contributed by atoms with Crippen LogP contribution in [-0.4, -0.2) is 21.3 Å². The summed E-state index contributed by atoms with van der Waals surface area (Å²) in [7, 11) is 0.